The molecule has 0 saturated heterocycles. The highest BCUT2D eigenvalue weighted by Crippen LogP contribution is 2.49. The van der Waals surface area contributed by atoms with Crippen LogP contribution in [0.1, 0.15) is 49.8 Å². The Morgan fingerprint density at radius 1 is 1.00 bits per heavy atom. The molecule has 3 nitrogen and oxygen atoms in total. The summed E-state index contributed by atoms with van der Waals surface area (Å²) in [5.74, 6) is 0.513. The molecule has 1 fully saturated rings. The van der Waals surface area contributed by atoms with Gasteiger partial charge in [0.15, 0.2) is 11.4 Å². The average molecular weight is 411 g/mol. The molecule has 29 heavy (non-hydrogen) atoms. The van der Waals surface area contributed by atoms with Gasteiger partial charge >= 0.3 is 5.97 Å². The standard InChI is InChI=1S/C25H27ClO3/c1-14-9-15(2)13-25(12-14)23(27)22(24(28)29-25)21-11-16(3)20(10-17(21)4)18-5-7-19(26)8-6-18/h5-8,10-11,14-15,27H,9,12-13H2,1-4H3. The van der Waals surface area contributed by atoms with Gasteiger partial charge in [-0.2, -0.15) is 0 Å². The first-order valence-corrected chi connectivity index (χ1v) is 10.6. The van der Waals surface area contributed by atoms with Crippen molar-refractivity contribution in [1.82, 2.24) is 0 Å². The minimum Gasteiger partial charge on any atom is -0.507 e. The van der Waals surface area contributed by atoms with Crippen molar-refractivity contribution in [3.8, 4) is 11.1 Å². The molecule has 1 heterocycles. The lowest BCUT2D eigenvalue weighted by molar-refractivity contribution is -0.152. The Morgan fingerprint density at radius 3 is 2.17 bits per heavy atom. The van der Waals surface area contributed by atoms with Crippen LogP contribution >= 0.6 is 11.6 Å². The van der Waals surface area contributed by atoms with E-state index in [1.807, 2.05) is 44.2 Å². The summed E-state index contributed by atoms with van der Waals surface area (Å²) in [4.78, 5) is 12.9. The molecule has 2 atom stereocenters. The third kappa shape index (κ3) is 3.46. The minimum atomic E-state index is -0.862. The number of benzene rings is 2. The van der Waals surface area contributed by atoms with Crippen LogP contribution in [-0.4, -0.2) is 16.7 Å². The summed E-state index contributed by atoms with van der Waals surface area (Å²) in [6, 6.07) is 11.8. The first-order chi connectivity index (χ1) is 13.7. The van der Waals surface area contributed by atoms with Crippen LogP contribution in [-0.2, 0) is 9.53 Å². The Morgan fingerprint density at radius 2 is 1.55 bits per heavy atom. The molecule has 0 radical (unpaired) electrons. The Labute approximate surface area is 177 Å². The largest absolute Gasteiger partial charge is 0.507 e. The summed E-state index contributed by atoms with van der Waals surface area (Å²) in [5.41, 5.74) is 4.35. The molecule has 152 valence electrons. The maximum absolute atomic E-state index is 12.9. The number of carbonyl (C=O) groups excluding carboxylic acids is 1. The van der Waals surface area contributed by atoms with Crippen molar-refractivity contribution in [2.24, 2.45) is 11.8 Å². The number of aliphatic hydroxyl groups excluding tert-OH is 1. The van der Waals surface area contributed by atoms with Crippen LogP contribution in [0.3, 0.4) is 0 Å². The van der Waals surface area contributed by atoms with Crippen molar-refractivity contribution in [3.63, 3.8) is 0 Å². The van der Waals surface area contributed by atoms with Crippen LogP contribution in [0.25, 0.3) is 16.7 Å². The fraction of sp³-hybridized carbons (Fsp3) is 0.400. The zero-order valence-electron chi connectivity index (χ0n) is 17.4. The molecule has 0 aromatic heterocycles. The van der Waals surface area contributed by atoms with Crippen molar-refractivity contribution in [2.45, 2.75) is 52.6 Å². The van der Waals surface area contributed by atoms with Crippen LogP contribution in [0.4, 0.5) is 0 Å². The highest BCUT2D eigenvalue weighted by molar-refractivity contribution is 6.30. The van der Waals surface area contributed by atoms with Gasteiger partial charge in [0.2, 0.25) is 0 Å². The minimum absolute atomic E-state index is 0.114. The Hall–Kier alpha value is -2.26. The molecule has 1 saturated carbocycles. The van der Waals surface area contributed by atoms with Gasteiger partial charge in [-0.25, -0.2) is 4.79 Å². The van der Waals surface area contributed by atoms with E-state index in [4.69, 9.17) is 16.3 Å². The number of esters is 1. The van der Waals surface area contributed by atoms with E-state index in [1.165, 1.54) is 0 Å². The number of halogens is 1. The predicted molar refractivity (Wildman–Crippen MR) is 117 cm³/mol. The van der Waals surface area contributed by atoms with Crippen LogP contribution < -0.4 is 0 Å². The molecule has 1 spiro atoms. The maximum atomic E-state index is 12.9. The van der Waals surface area contributed by atoms with Gasteiger partial charge in [-0.15, -0.1) is 0 Å². The summed E-state index contributed by atoms with van der Waals surface area (Å²) < 4.78 is 5.86. The van der Waals surface area contributed by atoms with E-state index in [2.05, 4.69) is 19.9 Å². The van der Waals surface area contributed by atoms with Gasteiger partial charge in [0.1, 0.15) is 5.57 Å². The summed E-state index contributed by atoms with van der Waals surface area (Å²) in [6.45, 7) is 8.31. The number of aliphatic hydroxyl groups is 1. The van der Waals surface area contributed by atoms with Crippen molar-refractivity contribution in [1.29, 1.82) is 0 Å². The Bertz CT molecular complexity index is 993. The zero-order chi connectivity index (χ0) is 20.9. The molecule has 2 aromatic carbocycles. The molecule has 4 heteroatoms. The number of aryl methyl sites for hydroxylation is 2. The van der Waals surface area contributed by atoms with Gasteiger partial charge in [0, 0.05) is 5.02 Å². The highest BCUT2D eigenvalue weighted by Gasteiger charge is 2.52. The number of hydrogen-bond acceptors (Lipinski definition) is 3. The molecule has 4 rings (SSSR count). The first kappa shape index (κ1) is 20.0. The Kier molecular flexibility index (Phi) is 4.98. The molecule has 0 bridgehead atoms. The normalized spacial score (nSPS) is 26.9. The molecule has 2 aliphatic rings. The van der Waals surface area contributed by atoms with Gasteiger partial charge in [0.05, 0.1) is 0 Å². The fourth-order valence-electron chi connectivity index (χ4n) is 5.20. The van der Waals surface area contributed by atoms with Crippen LogP contribution in [0.2, 0.25) is 5.02 Å². The molecule has 1 N–H and O–H groups in total. The summed E-state index contributed by atoms with van der Waals surface area (Å²) in [5, 5.41) is 11.9. The van der Waals surface area contributed by atoms with E-state index in [-0.39, 0.29) is 5.76 Å². The fourth-order valence-corrected chi connectivity index (χ4v) is 5.33. The third-order valence-electron chi connectivity index (χ3n) is 6.32. The maximum Gasteiger partial charge on any atom is 0.343 e. The first-order valence-electron chi connectivity index (χ1n) is 10.2. The van der Waals surface area contributed by atoms with E-state index in [0.29, 0.717) is 35.3 Å². The van der Waals surface area contributed by atoms with Crippen LogP contribution in [0.5, 0.6) is 0 Å². The van der Waals surface area contributed by atoms with E-state index >= 15 is 0 Å². The predicted octanol–water partition coefficient (Wildman–Crippen LogP) is 6.64. The van der Waals surface area contributed by atoms with Crippen LogP contribution in [0.15, 0.2) is 42.2 Å². The molecular weight excluding hydrogens is 384 g/mol. The van der Waals surface area contributed by atoms with Gasteiger partial charge in [0.25, 0.3) is 0 Å². The second kappa shape index (κ2) is 7.21. The highest BCUT2D eigenvalue weighted by atomic mass is 35.5. The van der Waals surface area contributed by atoms with E-state index in [1.54, 1.807) is 0 Å². The monoisotopic (exact) mass is 410 g/mol. The number of ether oxygens (including phenoxy) is 1. The van der Waals surface area contributed by atoms with E-state index in [0.717, 1.165) is 34.2 Å². The second-order valence-electron chi connectivity index (χ2n) is 8.95. The number of rotatable bonds is 2. The molecule has 2 unspecified atom stereocenters. The smallest absolute Gasteiger partial charge is 0.343 e. The molecule has 1 aliphatic heterocycles. The lowest BCUT2D eigenvalue weighted by atomic mass is 9.72. The Balaban J connectivity index is 1.79. The molecule has 1 aliphatic carbocycles. The van der Waals surface area contributed by atoms with Crippen LogP contribution in [0, 0.1) is 25.7 Å². The summed E-state index contributed by atoms with van der Waals surface area (Å²) in [6.07, 6.45) is 2.45. The molecule has 2 aromatic rings. The lowest BCUT2D eigenvalue weighted by Crippen LogP contribution is -2.40. The second-order valence-corrected chi connectivity index (χ2v) is 9.39. The van der Waals surface area contributed by atoms with E-state index < -0.39 is 11.6 Å². The van der Waals surface area contributed by atoms with E-state index in [9.17, 15) is 9.90 Å². The summed E-state index contributed by atoms with van der Waals surface area (Å²) >= 11 is 6.02. The van der Waals surface area contributed by atoms with Crippen molar-refractivity contribution in [2.75, 3.05) is 0 Å². The molecular formula is C25H27ClO3. The zero-order valence-corrected chi connectivity index (χ0v) is 18.1. The average Bonchev–Trinajstić information content (AvgIpc) is 2.86. The lowest BCUT2D eigenvalue weighted by Gasteiger charge is -2.38. The van der Waals surface area contributed by atoms with Crippen molar-refractivity contribution in [3.05, 3.63) is 63.9 Å². The van der Waals surface area contributed by atoms with Crippen molar-refractivity contribution >= 4 is 23.1 Å². The number of hydrogen-bond donors (Lipinski definition) is 1. The van der Waals surface area contributed by atoms with Gasteiger partial charge in [-0.1, -0.05) is 49.7 Å². The van der Waals surface area contributed by atoms with Gasteiger partial charge in [-0.05, 0) is 84.9 Å². The third-order valence-corrected chi connectivity index (χ3v) is 6.57. The van der Waals surface area contributed by atoms with Gasteiger partial charge in [-0.3, -0.25) is 0 Å². The topological polar surface area (TPSA) is 46.5 Å². The van der Waals surface area contributed by atoms with Gasteiger partial charge < -0.3 is 9.84 Å². The quantitative estimate of drug-likeness (QED) is 0.564. The molecule has 0 amide bonds. The summed E-state index contributed by atoms with van der Waals surface area (Å²) in [7, 11) is 0. The number of carbonyl (C=O) groups is 1. The SMILES string of the molecule is Cc1cc(-c2ccc(Cl)cc2)c(C)cc1C1=C(O)C2(CC(C)CC(C)C2)OC1=O. The van der Waals surface area contributed by atoms with Crippen molar-refractivity contribution < 1.29 is 14.6 Å².